The van der Waals surface area contributed by atoms with Gasteiger partial charge < -0.3 is 4.40 Å². The molecular formula is C17H19N5O. The normalized spacial score (nSPS) is 15.0. The summed E-state index contributed by atoms with van der Waals surface area (Å²) in [4.78, 5) is 18.8. The minimum atomic E-state index is -0.0473. The number of hydrogen-bond donors (Lipinski definition) is 0. The van der Waals surface area contributed by atoms with Crippen molar-refractivity contribution in [1.29, 1.82) is 0 Å². The van der Waals surface area contributed by atoms with Gasteiger partial charge in [0, 0.05) is 51.1 Å². The predicted molar refractivity (Wildman–Crippen MR) is 87.2 cm³/mol. The number of pyridine rings is 1. The van der Waals surface area contributed by atoms with E-state index < -0.39 is 0 Å². The summed E-state index contributed by atoms with van der Waals surface area (Å²) in [7, 11) is 1.70. The maximum Gasteiger partial charge on any atom is 0.266 e. The van der Waals surface area contributed by atoms with Crippen molar-refractivity contribution in [2.24, 2.45) is 7.05 Å². The summed E-state index contributed by atoms with van der Waals surface area (Å²) in [6, 6.07) is 7.84. The Morgan fingerprint density at radius 2 is 2.17 bits per heavy atom. The maximum atomic E-state index is 11.8. The van der Waals surface area contributed by atoms with Gasteiger partial charge in [0.05, 0.1) is 11.4 Å². The Kier molecular flexibility index (Phi) is 3.27. The molecular weight excluding hydrogens is 290 g/mol. The average molecular weight is 309 g/mol. The van der Waals surface area contributed by atoms with Crippen LogP contribution in [0, 0.1) is 6.92 Å². The zero-order valence-corrected chi connectivity index (χ0v) is 13.4. The van der Waals surface area contributed by atoms with Gasteiger partial charge >= 0.3 is 0 Å². The van der Waals surface area contributed by atoms with E-state index in [1.54, 1.807) is 13.1 Å². The number of rotatable bonds is 2. The average Bonchev–Trinajstić information content (AvgIpc) is 2.93. The monoisotopic (exact) mass is 309 g/mol. The Morgan fingerprint density at radius 3 is 3.00 bits per heavy atom. The molecule has 6 nitrogen and oxygen atoms in total. The predicted octanol–water partition coefficient (Wildman–Crippen LogP) is 1.29. The number of aromatic nitrogens is 4. The van der Waals surface area contributed by atoms with Gasteiger partial charge in [0.15, 0.2) is 0 Å². The lowest BCUT2D eigenvalue weighted by Gasteiger charge is -2.27. The van der Waals surface area contributed by atoms with E-state index in [0.29, 0.717) is 0 Å². The number of aryl methyl sites for hydroxylation is 2. The van der Waals surface area contributed by atoms with Gasteiger partial charge in [0.2, 0.25) is 0 Å². The lowest BCUT2D eigenvalue weighted by atomic mass is 10.1. The Labute approximate surface area is 134 Å². The topological polar surface area (TPSA) is 55.4 Å². The first-order valence-electron chi connectivity index (χ1n) is 7.82. The van der Waals surface area contributed by atoms with Crippen molar-refractivity contribution < 1.29 is 0 Å². The van der Waals surface area contributed by atoms with Crippen LogP contribution in [0.3, 0.4) is 0 Å². The Bertz CT molecular complexity index is 940. The van der Waals surface area contributed by atoms with Crippen LogP contribution in [0.15, 0.2) is 35.3 Å². The van der Waals surface area contributed by atoms with Gasteiger partial charge in [-0.2, -0.15) is 5.10 Å². The summed E-state index contributed by atoms with van der Waals surface area (Å²) in [5.74, 6) is 0. The third-order valence-electron chi connectivity index (χ3n) is 4.45. The van der Waals surface area contributed by atoms with Gasteiger partial charge in [0.1, 0.15) is 5.65 Å². The van der Waals surface area contributed by atoms with Crippen LogP contribution < -0.4 is 5.56 Å². The van der Waals surface area contributed by atoms with E-state index in [9.17, 15) is 4.79 Å². The van der Waals surface area contributed by atoms with Crippen LogP contribution in [0.4, 0.5) is 0 Å². The summed E-state index contributed by atoms with van der Waals surface area (Å²) in [5, 5.41) is 4.36. The highest BCUT2D eigenvalue weighted by molar-refractivity contribution is 5.41. The second-order valence-electron chi connectivity index (χ2n) is 6.17. The fourth-order valence-electron chi connectivity index (χ4n) is 3.19. The molecule has 0 bridgehead atoms. The third kappa shape index (κ3) is 2.55. The molecule has 1 aliphatic heterocycles. The highest BCUT2D eigenvalue weighted by Crippen LogP contribution is 2.18. The summed E-state index contributed by atoms with van der Waals surface area (Å²) in [6.45, 7) is 4.56. The van der Waals surface area contributed by atoms with Gasteiger partial charge in [-0.25, -0.2) is 9.67 Å². The first kappa shape index (κ1) is 14.1. The van der Waals surface area contributed by atoms with Crippen LogP contribution >= 0.6 is 0 Å². The molecule has 0 saturated carbocycles. The molecule has 0 unspecified atom stereocenters. The van der Waals surface area contributed by atoms with Gasteiger partial charge in [-0.3, -0.25) is 9.69 Å². The molecule has 0 amide bonds. The molecule has 3 aromatic heterocycles. The van der Waals surface area contributed by atoms with Crippen molar-refractivity contribution >= 4 is 5.65 Å². The molecule has 0 aromatic carbocycles. The largest absolute Gasteiger partial charge is 0.304 e. The lowest BCUT2D eigenvalue weighted by molar-refractivity contribution is 0.239. The van der Waals surface area contributed by atoms with E-state index in [0.717, 1.165) is 48.7 Å². The zero-order chi connectivity index (χ0) is 16.0. The molecule has 4 rings (SSSR count). The summed E-state index contributed by atoms with van der Waals surface area (Å²) >= 11 is 0. The van der Waals surface area contributed by atoms with Crippen molar-refractivity contribution in [3.8, 4) is 0 Å². The number of nitrogens with zero attached hydrogens (tertiary/aromatic N) is 5. The molecule has 1 aliphatic rings. The molecule has 3 aromatic rings. The van der Waals surface area contributed by atoms with Gasteiger partial charge in [-0.1, -0.05) is 6.07 Å². The summed E-state index contributed by atoms with van der Waals surface area (Å²) in [5.41, 5.74) is 5.24. The molecule has 0 saturated heterocycles. The second kappa shape index (κ2) is 5.31. The summed E-state index contributed by atoms with van der Waals surface area (Å²) < 4.78 is 3.53. The smallest absolute Gasteiger partial charge is 0.266 e. The van der Waals surface area contributed by atoms with Crippen LogP contribution in [-0.4, -0.2) is 30.6 Å². The molecule has 0 atom stereocenters. The number of imidazole rings is 1. The lowest BCUT2D eigenvalue weighted by Crippen LogP contribution is -2.34. The van der Waals surface area contributed by atoms with Crippen LogP contribution in [-0.2, 0) is 26.6 Å². The third-order valence-corrected chi connectivity index (χ3v) is 4.45. The van der Waals surface area contributed by atoms with Crippen LogP contribution in [0.5, 0.6) is 0 Å². The van der Waals surface area contributed by atoms with E-state index in [-0.39, 0.29) is 5.56 Å². The fourth-order valence-corrected chi connectivity index (χ4v) is 3.19. The minimum Gasteiger partial charge on any atom is -0.304 e. The Morgan fingerprint density at radius 1 is 1.30 bits per heavy atom. The van der Waals surface area contributed by atoms with Crippen LogP contribution in [0.25, 0.3) is 5.65 Å². The van der Waals surface area contributed by atoms with E-state index >= 15 is 0 Å². The van der Waals surface area contributed by atoms with Crippen LogP contribution in [0.2, 0.25) is 0 Å². The van der Waals surface area contributed by atoms with Crippen molar-refractivity contribution in [2.75, 3.05) is 6.54 Å². The quantitative estimate of drug-likeness (QED) is 0.716. The van der Waals surface area contributed by atoms with Crippen molar-refractivity contribution in [2.45, 2.75) is 26.4 Å². The molecule has 118 valence electrons. The number of fused-ring (bicyclic) bond motifs is 2. The zero-order valence-electron chi connectivity index (χ0n) is 13.4. The highest BCUT2D eigenvalue weighted by Gasteiger charge is 2.19. The molecule has 6 heteroatoms. The van der Waals surface area contributed by atoms with E-state index in [1.165, 1.54) is 10.4 Å². The Hall–Kier alpha value is -2.47. The molecule has 0 radical (unpaired) electrons. The summed E-state index contributed by atoms with van der Waals surface area (Å²) in [6.07, 6.45) is 2.97. The maximum absolute atomic E-state index is 11.8. The number of hydrogen-bond acceptors (Lipinski definition) is 4. The van der Waals surface area contributed by atoms with Crippen molar-refractivity contribution in [1.82, 2.24) is 24.1 Å². The van der Waals surface area contributed by atoms with Crippen molar-refractivity contribution in [3.05, 3.63) is 63.5 Å². The second-order valence-corrected chi connectivity index (χ2v) is 6.17. The molecule has 0 aliphatic carbocycles. The molecule has 0 fully saturated rings. The van der Waals surface area contributed by atoms with E-state index in [2.05, 4.69) is 33.6 Å². The van der Waals surface area contributed by atoms with E-state index in [1.807, 2.05) is 12.1 Å². The highest BCUT2D eigenvalue weighted by atomic mass is 16.1. The van der Waals surface area contributed by atoms with Gasteiger partial charge in [0.25, 0.3) is 5.56 Å². The SMILES string of the molecule is Cc1cccc2nc(CN3CCc4nn(C)c(=O)cc4C3)cn12. The fraction of sp³-hybridized carbons (Fsp3) is 0.353. The van der Waals surface area contributed by atoms with Gasteiger partial charge in [-0.05, 0) is 24.6 Å². The first-order chi connectivity index (χ1) is 11.1. The minimum absolute atomic E-state index is 0.0473. The van der Waals surface area contributed by atoms with Crippen molar-refractivity contribution in [3.63, 3.8) is 0 Å². The molecule has 23 heavy (non-hydrogen) atoms. The Balaban J connectivity index is 1.58. The standard InChI is InChI=1S/C17H19N5O/c1-12-4-3-5-16-18-14(11-22(12)16)10-21-7-6-15-13(9-21)8-17(23)20(2)19-15/h3-5,8,11H,6-7,9-10H2,1-2H3. The molecule has 0 spiro atoms. The van der Waals surface area contributed by atoms with Gasteiger partial charge in [-0.15, -0.1) is 0 Å². The molecule has 0 N–H and O–H groups in total. The first-order valence-corrected chi connectivity index (χ1v) is 7.82. The van der Waals surface area contributed by atoms with Crippen LogP contribution in [0.1, 0.15) is 22.6 Å². The molecule has 4 heterocycles. The van der Waals surface area contributed by atoms with E-state index in [4.69, 9.17) is 4.98 Å².